The van der Waals surface area contributed by atoms with Crippen LogP contribution in [0, 0.1) is 20.8 Å². The third kappa shape index (κ3) is 3.22. The Morgan fingerprint density at radius 3 is 2.16 bits per heavy atom. The van der Waals surface area contributed by atoms with Gasteiger partial charge in [-0.15, -0.1) is 0 Å². The predicted octanol–water partition coefficient (Wildman–Crippen LogP) is 3.87. The fourth-order valence-corrected chi connectivity index (χ4v) is 2.36. The molecular weight excluding hydrogens is 236 g/mol. The summed E-state index contributed by atoms with van der Waals surface area (Å²) in [5.41, 5.74) is 3.98. The van der Waals surface area contributed by atoms with Gasteiger partial charge in [-0.25, -0.2) is 0 Å². The van der Waals surface area contributed by atoms with E-state index in [-0.39, 0.29) is 12.4 Å². The van der Waals surface area contributed by atoms with Crippen molar-refractivity contribution >= 4 is 5.78 Å². The first-order valence-corrected chi connectivity index (χ1v) is 6.37. The summed E-state index contributed by atoms with van der Waals surface area (Å²) in [5, 5.41) is 0. The van der Waals surface area contributed by atoms with E-state index in [4.69, 9.17) is 4.74 Å². The van der Waals surface area contributed by atoms with Crippen molar-refractivity contribution in [2.75, 3.05) is 6.61 Å². The Bertz CT molecular complexity index is 562. The first kappa shape index (κ1) is 13.3. The highest BCUT2D eigenvalue weighted by Crippen LogP contribution is 2.18. The number of Topliss-reactive ketones (excluding diaryl/α,β-unsaturated/α-hetero) is 1. The first-order valence-electron chi connectivity index (χ1n) is 6.37. The van der Waals surface area contributed by atoms with Gasteiger partial charge in [0.05, 0.1) is 0 Å². The van der Waals surface area contributed by atoms with Gasteiger partial charge in [0, 0.05) is 5.56 Å². The average Bonchev–Trinajstić information content (AvgIpc) is 2.36. The topological polar surface area (TPSA) is 26.3 Å². The molecular formula is C17H18O2. The van der Waals surface area contributed by atoms with Gasteiger partial charge in [0.1, 0.15) is 5.75 Å². The standard InChI is InChI=1S/C17H18O2/c1-12-9-13(2)17(14(3)10-12)16(18)11-19-15-7-5-4-6-8-15/h4-10H,11H2,1-3H3. The Morgan fingerprint density at radius 1 is 1.00 bits per heavy atom. The van der Waals surface area contributed by atoms with Crippen LogP contribution >= 0.6 is 0 Å². The van der Waals surface area contributed by atoms with Crippen LogP contribution in [-0.4, -0.2) is 12.4 Å². The van der Waals surface area contributed by atoms with E-state index in [9.17, 15) is 4.79 Å². The SMILES string of the molecule is Cc1cc(C)c(C(=O)COc2ccccc2)c(C)c1. The molecule has 0 unspecified atom stereocenters. The number of benzene rings is 2. The summed E-state index contributed by atoms with van der Waals surface area (Å²) >= 11 is 0. The molecule has 2 rings (SSSR count). The second-order valence-electron chi connectivity index (χ2n) is 4.80. The summed E-state index contributed by atoms with van der Waals surface area (Å²) in [6.45, 7) is 6.05. The number of rotatable bonds is 4. The number of ketones is 1. The lowest BCUT2D eigenvalue weighted by molar-refractivity contribution is 0.0920. The van der Waals surface area contributed by atoms with Gasteiger partial charge >= 0.3 is 0 Å². The minimum Gasteiger partial charge on any atom is -0.485 e. The van der Waals surface area contributed by atoms with Crippen molar-refractivity contribution in [1.82, 2.24) is 0 Å². The number of hydrogen-bond acceptors (Lipinski definition) is 2. The van der Waals surface area contributed by atoms with Gasteiger partial charge in [0.2, 0.25) is 5.78 Å². The highest BCUT2D eigenvalue weighted by molar-refractivity contribution is 6.00. The molecule has 98 valence electrons. The van der Waals surface area contributed by atoms with Crippen LogP contribution in [0.2, 0.25) is 0 Å². The van der Waals surface area contributed by atoms with E-state index in [1.54, 1.807) is 0 Å². The van der Waals surface area contributed by atoms with Gasteiger partial charge in [-0.05, 0) is 44.0 Å². The normalized spacial score (nSPS) is 10.3. The van der Waals surface area contributed by atoms with E-state index in [0.717, 1.165) is 22.4 Å². The van der Waals surface area contributed by atoms with Crippen LogP contribution in [-0.2, 0) is 0 Å². The molecule has 2 nitrogen and oxygen atoms in total. The molecule has 0 saturated carbocycles. The van der Waals surface area contributed by atoms with Crippen molar-refractivity contribution in [1.29, 1.82) is 0 Å². The molecule has 2 aromatic carbocycles. The molecule has 0 saturated heterocycles. The Kier molecular flexibility index (Phi) is 4.00. The summed E-state index contributed by atoms with van der Waals surface area (Å²) in [6.07, 6.45) is 0. The highest BCUT2D eigenvalue weighted by Gasteiger charge is 2.13. The maximum Gasteiger partial charge on any atom is 0.200 e. The molecule has 2 aromatic rings. The molecule has 0 amide bonds. The van der Waals surface area contributed by atoms with Gasteiger partial charge in [0.25, 0.3) is 0 Å². The van der Waals surface area contributed by atoms with Crippen LogP contribution in [0.15, 0.2) is 42.5 Å². The summed E-state index contributed by atoms with van der Waals surface area (Å²) < 4.78 is 5.51. The number of ether oxygens (including phenoxy) is 1. The molecule has 0 N–H and O–H groups in total. The van der Waals surface area contributed by atoms with E-state index in [0.29, 0.717) is 0 Å². The van der Waals surface area contributed by atoms with Gasteiger partial charge in [0.15, 0.2) is 6.61 Å². The Morgan fingerprint density at radius 2 is 1.58 bits per heavy atom. The van der Waals surface area contributed by atoms with Gasteiger partial charge in [-0.2, -0.15) is 0 Å². The second-order valence-corrected chi connectivity index (χ2v) is 4.80. The van der Waals surface area contributed by atoms with Crippen molar-refractivity contribution in [3.8, 4) is 5.75 Å². The zero-order valence-corrected chi connectivity index (χ0v) is 11.6. The van der Waals surface area contributed by atoms with Crippen molar-refractivity contribution in [3.63, 3.8) is 0 Å². The lowest BCUT2D eigenvalue weighted by Gasteiger charge is -2.11. The minimum absolute atomic E-state index is 0.0267. The summed E-state index contributed by atoms with van der Waals surface area (Å²) in [5.74, 6) is 0.747. The smallest absolute Gasteiger partial charge is 0.200 e. The second kappa shape index (κ2) is 5.70. The van der Waals surface area contributed by atoms with Crippen LogP contribution in [0.5, 0.6) is 5.75 Å². The molecule has 0 aromatic heterocycles. The largest absolute Gasteiger partial charge is 0.485 e. The van der Waals surface area contributed by atoms with Crippen LogP contribution in [0.1, 0.15) is 27.0 Å². The molecule has 0 fully saturated rings. The zero-order chi connectivity index (χ0) is 13.8. The van der Waals surface area contributed by atoms with E-state index in [2.05, 4.69) is 0 Å². The zero-order valence-electron chi connectivity index (χ0n) is 11.6. The summed E-state index contributed by atoms with van der Waals surface area (Å²) in [6, 6.07) is 13.5. The Labute approximate surface area is 114 Å². The highest BCUT2D eigenvalue weighted by atomic mass is 16.5. The maximum atomic E-state index is 12.2. The predicted molar refractivity (Wildman–Crippen MR) is 76.9 cm³/mol. The molecule has 0 aliphatic heterocycles. The summed E-state index contributed by atoms with van der Waals surface area (Å²) in [4.78, 5) is 12.2. The van der Waals surface area contributed by atoms with Gasteiger partial charge in [-0.1, -0.05) is 35.9 Å². The fraction of sp³-hybridized carbons (Fsp3) is 0.235. The lowest BCUT2D eigenvalue weighted by Crippen LogP contribution is -2.14. The van der Waals surface area contributed by atoms with Crippen LogP contribution in [0.4, 0.5) is 0 Å². The third-order valence-corrected chi connectivity index (χ3v) is 3.07. The third-order valence-electron chi connectivity index (χ3n) is 3.07. The molecule has 0 atom stereocenters. The molecule has 0 radical (unpaired) electrons. The van der Waals surface area contributed by atoms with E-state index >= 15 is 0 Å². The average molecular weight is 254 g/mol. The van der Waals surface area contributed by atoms with Crippen molar-refractivity contribution in [3.05, 3.63) is 64.7 Å². The first-order chi connectivity index (χ1) is 9.08. The van der Waals surface area contributed by atoms with Gasteiger partial charge in [-0.3, -0.25) is 4.79 Å². The molecule has 0 bridgehead atoms. The molecule has 2 heteroatoms. The molecule has 0 aliphatic rings. The van der Waals surface area contributed by atoms with Crippen LogP contribution in [0.3, 0.4) is 0 Å². The van der Waals surface area contributed by atoms with Crippen molar-refractivity contribution in [2.45, 2.75) is 20.8 Å². The fourth-order valence-electron chi connectivity index (χ4n) is 2.36. The van der Waals surface area contributed by atoms with Crippen molar-refractivity contribution in [2.24, 2.45) is 0 Å². The van der Waals surface area contributed by atoms with E-state index < -0.39 is 0 Å². The van der Waals surface area contributed by atoms with Crippen LogP contribution < -0.4 is 4.74 Å². The molecule has 19 heavy (non-hydrogen) atoms. The molecule has 0 aliphatic carbocycles. The van der Waals surface area contributed by atoms with Gasteiger partial charge < -0.3 is 4.74 Å². The number of carbonyl (C=O) groups excluding carboxylic acids is 1. The Balaban J connectivity index is 2.13. The lowest BCUT2D eigenvalue weighted by atomic mass is 9.97. The van der Waals surface area contributed by atoms with Crippen molar-refractivity contribution < 1.29 is 9.53 Å². The number of para-hydroxylation sites is 1. The van der Waals surface area contributed by atoms with Crippen LogP contribution in [0.25, 0.3) is 0 Å². The minimum atomic E-state index is 0.0267. The Hall–Kier alpha value is -2.09. The maximum absolute atomic E-state index is 12.2. The van der Waals surface area contributed by atoms with E-state index in [1.165, 1.54) is 5.56 Å². The number of carbonyl (C=O) groups is 1. The monoisotopic (exact) mass is 254 g/mol. The molecule has 0 spiro atoms. The number of aryl methyl sites for hydroxylation is 3. The van der Waals surface area contributed by atoms with E-state index in [1.807, 2.05) is 63.2 Å². The molecule has 0 heterocycles. The summed E-state index contributed by atoms with van der Waals surface area (Å²) in [7, 11) is 0. The quantitative estimate of drug-likeness (QED) is 0.774. The number of hydrogen-bond donors (Lipinski definition) is 0.